The molecule has 0 aromatic heterocycles. The van der Waals surface area contributed by atoms with Crippen molar-refractivity contribution >= 4 is 108 Å². The summed E-state index contributed by atoms with van der Waals surface area (Å²) >= 11 is 11.9. The van der Waals surface area contributed by atoms with Gasteiger partial charge < -0.3 is 76.0 Å². The number of nitrogens with two attached hydrogens (primary N) is 2. The molecular weight excluding hydrogens is 1550 g/mol. The number of ether oxygens (including phenoxy) is 4. The standard InChI is InChI=1S/C38H49ClF3N7O6.C25H26ClF3N4O5.C13H25N3O2.CH4.H2S.H2/c1-2-54-33(50)24-45-12-8-27(9-13-45)46-17-19-47(20-18-46)35(51)32(23-25-21-29(38(40,41)42)34(43)30(39)22-25)55-37(53)48-14-10-28(11-15-48)49-16-7-26-5-3-4-6-31(26)44-36(49)52;26-18-12-14(11-17(21(18)30)25(27,28)29)13-20(22(34)35)38-24(37)32-8-6-16(7-9-32)33-10-5-15-3-1-2-4-19(15)31-23(33)36;1-2-18-13(17)11-15-7-3-12(4-8-15)16-9-5-14-6-10-16;;;/h3-6,21-22,27-28,32H,2,7-20,23-24,43H2,1H3,(H,44,52);1-4,11-12,16,20H,5-10,13,30H2,(H,31,36)(H,34,35);12,14H,2-11H2,1H3;1H4;1H2;1H/t32-;20-;;;;/m11..../s1. The first-order valence-electron chi connectivity index (χ1n) is 38.0. The van der Waals surface area contributed by atoms with Crippen molar-refractivity contribution in [3.8, 4) is 0 Å². The number of piperazine rings is 2. The summed E-state index contributed by atoms with van der Waals surface area (Å²) in [6.45, 7) is 17.2. The fourth-order valence-electron chi connectivity index (χ4n) is 15.7. The first kappa shape index (κ1) is 90.3. The number of esters is 2. The van der Waals surface area contributed by atoms with Gasteiger partial charge in [-0.05, 0) is 137 Å². The number of carbonyl (C=O) groups excluding carboxylic acids is 7. The van der Waals surface area contributed by atoms with Crippen molar-refractivity contribution in [2.24, 2.45) is 0 Å². The number of urea groups is 2. The lowest BCUT2D eigenvalue weighted by Crippen LogP contribution is -2.57. The smallest absolute Gasteiger partial charge is 0.418 e. The van der Waals surface area contributed by atoms with Crippen LogP contribution >= 0.6 is 36.7 Å². The van der Waals surface area contributed by atoms with Crippen molar-refractivity contribution in [3.05, 3.63) is 116 Å². The number of nitrogens with zero attached hydrogens (tertiary/aromatic N) is 9. The van der Waals surface area contributed by atoms with Gasteiger partial charge in [-0.2, -0.15) is 39.8 Å². The van der Waals surface area contributed by atoms with Crippen LogP contribution in [0.3, 0.4) is 0 Å². The number of anilines is 4. The van der Waals surface area contributed by atoms with Crippen LogP contribution in [0, 0.1) is 0 Å². The van der Waals surface area contributed by atoms with Crippen LogP contribution in [-0.2, 0) is 76.2 Å². The molecule has 6 saturated heterocycles. The van der Waals surface area contributed by atoms with Gasteiger partial charge in [-0.25, -0.2) is 24.0 Å². The maximum atomic E-state index is 14.1. The largest absolute Gasteiger partial charge is 0.478 e. The predicted molar refractivity (Wildman–Crippen MR) is 422 cm³/mol. The number of amides is 7. The normalized spacial score (nSPS) is 19.4. The highest BCUT2D eigenvalue weighted by Crippen LogP contribution is 2.40. The maximum absolute atomic E-state index is 14.1. The Morgan fingerprint density at radius 1 is 0.522 bits per heavy atom. The number of nitrogens with one attached hydrogen (secondary N) is 3. The van der Waals surface area contributed by atoms with Gasteiger partial charge in [-0.3, -0.25) is 34.0 Å². The summed E-state index contributed by atoms with van der Waals surface area (Å²) in [6.07, 6.45) is -7.92. The zero-order valence-corrected chi connectivity index (χ0v) is 65.5. The van der Waals surface area contributed by atoms with Gasteiger partial charge in [-0.15, -0.1) is 0 Å². The lowest BCUT2D eigenvalue weighted by molar-refractivity contribution is -0.147. The Bertz CT molecular complexity index is 3900. The van der Waals surface area contributed by atoms with Crippen LogP contribution in [0.4, 0.5) is 68.3 Å². The van der Waals surface area contributed by atoms with Crippen LogP contribution < -0.4 is 27.4 Å². The van der Waals surface area contributed by atoms with Gasteiger partial charge in [0.15, 0.2) is 6.10 Å². The lowest BCUT2D eigenvalue weighted by Gasteiger charge is -2.43. The number of hydrogen-bond donors (Lipinski definition) is 6. The summed E-state index contributed by atoms with van der Waals surface area (Å²) in [4.78, 5) is 119. The second-order valence-corrected chi connectivity index (χ2v) is 29.6. The van der Waals surface area contributed by atoms with E-state index in [1.807, 2.05) is 55.5 Å². The molecule has 0 unspecified atom stereocenters. The summed E-state index contributed by atoms with van der Waals surface area (Å²) in [6, 6.07) is 19.5. The summed E-state index contributed by atoms with van der Waals surface area (Å²) < 4.78 is 102. The molecule has 8 aliphatic rings. The highest BCUT2D eigenvalue weighted by Gasteiger charge is 2.41. The van der Waals surface area contributed by atoms with Gasteiger partial charge in [0.25, 0.3) is 5.91 Å². The number of nitrogen functional groups attached to an aromatic ring is 2. The Morgan fingerprint density at radius 2 is 0.894 bits per heavy atom. The predicted octanol–water partition coefficient (Wildman–Crippen LogP) is 10.3. The Labute approximate surface area is 673 Å². The number of benzene rings is 4. The zero-order chi connectivity index (χ0) is 79.7. The minimum atomic E-state index is -4.80. The molecule has 12 rings (SSSR count). The van der Waals surface area contributed by atoms with Crippen molar-refractivity contribution in [1.29, 1.82) is 0 Å². The topological polar surface area (TPSA) is 311 Å². The van der Waals surface area contributed by atoms with Crippen molar-refractivity contribution < 1.29 is 90.2 Å². The van der Waals surface area contributed by atoms with E-state index in [-0.39, 0.29) is 125 Å². The number of likely N-dealkylation sites (tertiary alicyclic amines) is 4. The Hall–Kier alpha value is -8.25. The van der Waals surface area contributed by atoms with Crippen LogP contribution in [-0.4, -0.2) is 278 Å². The van der Waals surface area contributed by atoms with Gasteiger partial charge in [0.05, 0.1) is 58.9 Å². The minimum absolute atomic E-state index is 0. The first-order chi connectivity index (χ1) is 53.0. The molecule has 6 fully saturated rings. The number of hydrogen-bond acceptors (Lipinski definition) is 19. The number of carboxylic acids is 1. The number of alkyl halides is 6. The Kier molecular flexibility index (Phi) is 33.5. The van der Waals surface area contributed by atoms with Gasteiger partial charge >= 0.3 is 54.5 Å². The first-order valence-corrected chi connectivity index (χ1v) is 38.8. The molecule has 0 spiro atoms. The number of halogens is 8. The number of carboxylic acid groups (broad SMARTS) is 1. The molecule has 8 aliphatic heterocycles. The number of rotatable bonds is 18. The molecule has 36 heteroatoms. The SMILES string of the molecule is C.CCOC(=O)CN1CCC(N2CCN(C(=O)[C@@H](Cc3cc(Cl)c(N)c(C(F)(F)F)c3)OC(=O)N3CCC(N4CCc5ccccc5NC4=O)CC3)CC2)CC1.CCOC(=O)CN1CCC(N2CCNCC2)CC1.Nc1c(Cl)cc(C[C@@H](OC(=O)N2CCC(N3CCc4ccccc4NC3=O)CC2)C(=O)O)cc1C(F)(F)F.S.[HH]. The summed E-state index contributed by atoms with van der Waals surface area (Å²) in [5.41, 5.74) is 11.1. The van der Waals surface area contributed by atoms with Crippen LogP contribution in [0.1, 0.15) is 107 Å². The molecule has 4 aromatic rings. The highest BCUT2D eigenvalue weighted by molar-refractivity contribution is 7.59. The molecule has 626 valence electrons. The summed E-state index contributed by atoms with van der Waals surface area (Å²) in [5.74, 6) is -2.35. The molecule has 7 amide bonds. The molecule has 0 radical (unpaired) electrons. The van der Waals surface area contributed by atoms with Gasteiger partial charge in [0, 0.05) is 168 Å². The van der Waals surface area contributed by atoms with Gasteiger partial charge in [-0.1, -0.05) is 67.0 Å². The third kappa shape index (κ3) is 24.9. The van der Waals surface area contributed by atoms with E-state index >= 15 is 0 Å². The minimum Gasteiger partial charge on any atom is -0.478 e. The van der Waals surface area contributed by atoms with Crippen LogP contribution in [0.5, 0.6) is 0 Å². The molecule has 27 nitrogen and oxygen atoms in total. The monoisotopic (exact) mass is 1650 g/mol. The van der Waals surface area contributed by atoms with E-state index < -0.39 is 77.5 Å². The number of para-hydroxylation sites is 2. The van der Waals surface area contributed by atoms with Crippen molar-refractivity contribution in [1.82, 2.24) is 49.4 Å². The maximum Gasteiger partial charge on any atom is 0.418 e. The van der Waals surface area contributed by atoms with Gasteiger partial charge in [0.2, 0.25) is 6.10 Å². The number of fused-ring (bicyclic) bond motifs is 2. The molecule has 0 aliphatic carbocycles. The average molecular weight is 1650 g/mol. The van der Waals surface area contributed by atoms with E-state index in [4.69, 9.17) is 53.6 Å². The van der Waals surface area contributed by atoms with Crippen LogP contribution in [0.15, 0.2) is 72.8 Å². The lowest BCUT2D eigenvalue weighted by atomic mass is 10.0. The van der Waals surface area contributed by atoms with Crippen LogP contribution in [0.25, 0.3) is 0 Å². The Balaban J connectivity index is 0.000000263. The van der Waals surface area contributed by atoms with E-state index in [2.05, 4.69) is 35.6 Å². The second-order valence-electron chi connectivity index (χ2n) is 28.8. The molecule has 4 aromatic carbocycles. The second kappa shape index (κ2) is 41.9. The fourth-order valence-corrected chi connectivity index (χ4v) is 16.1. The van der Waals surface area contributed by atoms with E-state index in [1.54, 1.807) is 21.6 Å². The molecule has 0 saturated carbocycles. The van der Waals surface area contributed by atoms with E-state index in [0.717, 1.165) is 86.7 Å². The summed E-state index contributed by atoms with van der Waals surface area (Å²) in [7, 11) is 0. The Morgan fingerprint density at radius 3 is 1.28 bits per heavy atom. The van der Waals surface area contributed by atoms with Crippen molar-refractivity contribution in [2.75, 3.05) is 166 Å². The third-order valence-corrected chi connectivity index (χ3v) is 22.3. The number of carbonyl (C=O) groups is 8. The summed E-state index contributed by atoms with van der Waals surface area (Å²) in [5, 5.41) is 18.1. The van der Waals surface area contributed by atoms with E-state index in [0.29, 0.717) is 110 Å². The number of piperidine rings is 4. The van der Waals surface area contributed by atoms with Crippen molar-refractivity contribution in [3.63, 3.8) is 0 Å². The third-order valence-electron chi connectivity index (χ3n) is 21.7. The fraction of sp³-hybridized carbons (Fsp3) is 0.584. The van der Waals surface area contributed by atoms with E-state index in [1.165, 1.54) is 41.8 Å². The molecule has 113 heavy (non-hydrogen) atoms. The number of aliphatic carboxylic acids is 1. The molecule has 8 heterocycles. The van der Waals surface area contributed by atoms with Gasteiger partial charge in [0.1, 0.15) is 0 Å². The molecule has 2 atom stereocenters. The highest BCUT2D eigenvalue weighted by atomic mass is 35.5. The average Bonchev–Trinajstić information content (AvgIpc) is 0.881. The van der Waals surface area contributed by atoms with Crippen molar-refractivity contribution in [2.45, 2.75) is 147 Å². The molecule has 0 bridgehead atoms. The quantitative estimate of drug-likeness (QED) is 0.0233. The van der Waals surface area contributed by atoms with Crippen LogP contribution in [0.2, 0.25) is 10.0 Å². The van der Waals surface area contributed by atoms with E-state index in [9.17, 15) is 69.8 Å². The zero-order valence-electron chi connectivity index (χ0n) is 63.0. The molecular formula is C77H108Cl2F6N14O13S. The molecule has 8 N–H and O–H groups in total.